The van der Waals surface area contributed by atoms with E-state index >= 15 is 0 Å². The second-order valence-electron chi connectivity index (χ2n) is 7.90. The lowest BCUT2D eigenvalue weighted by Gasteiger charge is -2.35. The molecule has 3 rings (SSSR count). The summed E-state index contributed by atoms with van der Waals surface area (Å²) in [4.78, 5) is 3.85. The van der Waals surface area contributed by atoms with Gasteiger partial charge in [-0.25, -0.2) is 4.31 Å². The van der Waals surface area contributed by atoms with E-state index in [1.54, 1.807) is 7.11 Å². The minimum Gasteiger partial charge on any atom is -0.383 e. The third-order valence-electron chi connectivity index (χ3n) is 5.59. The number of nitrogens with zero attached hydrogens (tertiary/aromatic N) is 2. The number of ether oxygens (including phenoxy) is 1. The highest BCUT2D eigenvalue weighted by atomic mass is 32.2. The quantitative estimate of drug-likeness (QED) is 0.346. The largest absolute Gasteiger partial charge is 0.383 e. The molecular weight excluding hydrogens is 412 g/mol. The summed E-state index contributed by atoms with van der Waals surface area (Å²) in [6.07, 6.45) is 6.36. The molecule has 0 bridgehead atoms. The summed E-state index contributed by atoms with van der Waals surface area (Å²) in [6, 6.07) is 17.3. The summed E-state index contributed by atoms with van der Waals surface area (Å²) in [7, 11) is 1.78. The fourth-order valence-electron chi connectivity index (χ4n) is 4.06. The van der Waals surface area contributed by atoms with Crippen LogP contribution in [-0.2, 0) is 11.3 Å². The van der Waals surface area contributed by atoms with Crippen molar-refractivity contribution in [2.75, 3.05) is 39.9 Å². The Morgan fingerprint density at radius 2 is 1.84 bits per heavy atom. The van der Waals surface area contributed by atoms with E-state index in [1.165, 1.54) is 29.8 Å². The molecule has 0 N–H and O–H groups in total. The summed E-state index contributed by atoms with van der Waals surface area (Å²) in [6.45, 7) is 18.0. The maximum absolute atomic E-state index is 5.39. The van der Waals surface area contributed by atoms with Crippen LogP contribution in [-0.4, -0.2) is 49.1 Å². The molecule has 0 saturated carbocycles. The van der Waals surface area contributed by atoms with E-state index in [-0.39, 0.29) is 0 Å². The highest BCUT2D eigenvalue weighted by molar-refractivity contribution is 7.97. The Bertz CT molecular complexity index is 808. The summed E-state index contributed by atoms with van der Waals surface area (Å²) in [5, 5.41) is 0. The zero-order valence-corrected chi connectivity index (χ0v) is 20.9. The molecule has 1 saturated heterocycles. The summed E-state index contributed by atoms with van der Waals surface area (Å²) in [5.74, 6) is 0.679. The summed E-state index contributed by atoms with van der Waals surface area (Å²) >= 11 is 1.83. The molecule has 0 amide bonds. The molecule has 3 nitrogen and oxygen atoms in total. The van der Waals surface area contributed by atoms with Gasteiger partial charge in [-0.15, -0.1) is 0 Å². The molecule has 1 heterocycles. The maximum atomic E-state index is 5.39. The van der Waals surface area contributed by atoms with Gasteiger partial charge in [-0.05, 0) is 66.1 Å². The molecule has 1 unspecified atom stereocenters. The molecule has 0 spiro atoms. The van der Waals surface area contributed by atoms with Crippen LogP contribution in [0.3, 0.4) is 0 Å². The van der Waals surface area contributed by atoms with Gasteiger partial charge in [0, 0.05) is 38.2 Å². The number of rotatable bonds is 11. The first-order chi connectivity index (χ1) is 15.7. The van der Waals surface area contributed by atoms with Gasteiger partial charge in [0.15, 0.2) is 0 Å². The zero-order chi connectivity index (χ0) is 23.2. The Morgan fingerprint density at radius 1 is 1.09 bits per heavy atom. The van der Waals surface area contributed by atoms with Gasteiger partial charge in [0.25, 0.3) is 0 Å². The lowest BCUT2D eigenvalue weighted by Crippen LogP contribution is -2.39. The van der Waals surface area contributed by atoms with Crippen molar-refractivity contribution in [3.8, 4) is 0 Å². The van der Waals surface area contributed by atoms with Crippen molar-refractivity contribution in [3.63, 3.8) is 0 Å². The van der Waals surface area contributed by atoms with Crippen molar-refractivity contribution in [1.82, 2.24) is 9.21 Å². The van der Waals surface area contributed by atoms with E-state index in [9.17, 15) is 0 Å². The van der Waals surface area contributed by atoms with Crippen LogP contribution in [0.2, 0.25) is 0 Å². The monoisotopic (exact) mass is 452 g/mol. The number of hydrogen-bond donors (Lipinski definition) is 0. The van der Waals surface area contributed by atoms with Gasteiger partial charge >= 0.3 is 0 Å². The molecule has 1 atom stereocenters. The molecular formula is C28H40N2OS. The Labute approximate surface area is 200 Å². The average Bonchev–Trinajstić information content (AvgIpc) is 2.84. The van der Waals surface area contributed by atoms with Crippen molar-refractivity contribution < 1.29 is 4.74 Å². The first kappa shape index (κ1) is 26.4. The smallest absolute Gasteiger partial charge is 0.0599 e. The van der Waals surface area contributed by atoms with Gasteiger partial charge in [0.2, 0.25) is 0 Å². The van der Waals surface area contributed by atoms with E-state index in [0.717, 1.165) is 43.9 Å². The van der Waals surface area contributed by atoms with Crippen molar-refractivity contribution in [1.29, 1.82) is 0 Å². The minimum atomic E-state index is 0.679. The number of hydrogen-bond acceptors (Lipinski definition) is 4. The molecule has 2 aromatic rings. The molecule has 0 aliphatic carbocycles. The lowest BCUT2D eigenvalue weighted by molar-refractivity contribution is 0.139. The van der Waals surface area contributed by atoms with Crippen molar-refractivity contribution >= 4 is 24.1 Å². The average molecular weight is 453 g/mol. The van der Waals surface area contributed by atoms with E-state index in [2.05, 4.69) is 70.9 Å². The van der Waals surface area contributed by atoms with Crippen LogP contribution in [0.1, 0.15) is 43.4 Å². The van der Waals surface area contributed by atoms with E-state index < -0.39 is 0 Å². The van der Waals surface area contributed by atoms with Gasteiger partial charge in [-0.3, -0.25) is 4.90 Å². The highest BCUT2D eigenvalue weighted by Gasteiger charge is 2.23. The van der Waals surface area contributed by atoms with Crippen LogP contribution in [0.5, 0.6) is 0 Å². The van der Waals surface area contributed by atoms with Crippen molar-refractivity contribution in [2.45, 2.75) is 38.1 Å². The standard InChI is InChI=1S/C26H34N2OS.C2H6/c1-4-24-13-14-26(18-25(24)5-2)30-28(16-17-29-3)21-23-12-9-15-27(20-23)19-22-10-7-6-8-11-22;1-2/h4-8,10-11,13-14,18,23H,1-2,9,12,15-17,19-21H2,3H3;1-2H3. The lowest BCUT2D eigenvalue weighted by atomic mass is 9.97. The molecule has 4 heteroatoms. The zero-order valence-electron chi connectivity index (χ0n) is 20.1. The van der Waals surface area contributed by atoms with Crippen molar-refractivity contribution in [2.24, 2.45) is 5.92 Å². The van der Waals surface area contributed by atoms with Gasteiger partial charge in [0.05, 0.1) is 6.61 Å². The van der Waals surface area contributed by atoms with Gasteiger partial charge in [-0.2, -0.15) is 0 Å². The Kier molecular flexibility index (Phi) is 12.4. The molecule has 1 aliphatic rings. The minimum absolute atomic E-state index is 0.679. The van der Waals surface area contributed by atoms with E-state index in [4.69, 9.17) is 4.74 Å². The normalized spacial score (nSPS) is 16.3. The van der Waals surface area contributed by atoms with Crippen LogP contribution in [0.15, 0.2) is 66.6 Å². The SMILES string of the molecule is C=Cc1ccc(SN(CCOC)CC2CCCN(Cc3ccccc3)C2)cc1C=C.CC. The third kappa shape index (κ3) is 8.59. The number of piperidine rings is 1. The Hall–Kier alpha value is -1.85. The molecule has 32 heavy (non-hydrogen) atoms. The molecule has 174 valence electrons. The molecule has 2 aromatic carbocycles. The number of likely N-dealkylation sites (tertiary alicyclic amines) is 1. The second-order valence-corrected chi connectivity index (χ2v) is 9.07. The Balaban J connectivity index is 0.00000176. The number of benzene rings is 2. The molecule has 1 fully saturated rings. The van der Waals surface area contributed by atoms with E-state index in [0.29, 0.717) is 5.92 Å². The van der Waals surface area contributed by atoms with Gasteiger partial charge in [0.1, 0.15) is 0 Å². The third-order valence-corrected chi connectivity index (χ3v) is 6.65. The van der Waals surface area contributed by atoms with Crippen LogP contribution < -0.4 is 0 Å². The maximum Gasteiger partial charge on any atom is 0.0599 e. The predicted molar refractivity (Wildman–Crippen MR) is 142 cm³/mol. The summed E-state index contributed by atoms with van der Waals surface area (Å²) < 4.78 is 7.85. The van der Waals surface area contributed by atoms with Crippen LogP contribution >= 0.6 is 11.9 Å². The summed E-state index contributed by atoms with van der Waals surface area (Å²) in [5.41, 5.74) is 3.66. The van der Waals surface area contributed by atoms with Crippen LogP contribution in [0.25, 0.3) is 12.2 Å². The van der Waals surface area contributed by atoms with Gasteiger partial charge < -0.3 is 4.74 Å². The number of methoxy groups -OCH3 is 1. The molecule has 1 aliphatic heterocycles. The molecule has 0 aromatic heterocycles. The first-order valence-corrected chi connectivity index (χ1v) is 12.6. The van der Waals surface area contributed by atoms with E-state index in [1.807, 2.05) is 37.9 Å². The van der Waals surface area contributed by atoms with Crippen LogP contribution in [0.4, 0.5) is 0 Å². The molecule has 0 radical (unpaired) electrons. The topological polar surface area (TPSA) is 15.7 Å². The highest BCUT2D eigenvalue weighted by Crippen LogP contribution is 2.29. The van der Waals surface area contributed by atoms with Gasteiger partial charge in [-0.1, -0.05) is 75.6 Å². The fraction of sp³-hybridized carbons (Fsp3) is 0.429. The Morgan fingerprint density at radius 3 is 2.53 bits per heavy atom. The first-order valence-electron chi connectivity index (χ1n) is 11.8. The second kappa shape index (κ2) is 15.1. The van der Waals surface area contributed by atoms with Crippen molar-refractivity contribution in [3.05, 3.63) is 78.4 Å². The predicted octanol–water partition coefficient (Wildman–Crippen LogP) is 6.87. The van der Waals surface area contributed by atoms with Crippen LogP contribution in [0, 0.1) is 5.92 Å². The fourth-order valence-corrected chi connectivity index (χ4v) is 5.12.